The molecule has 0 radical (unpaired) electrons. The molecule has 7 nitrogen and oxygen atoms in total. The van der Waals surface area contributed by atoms with Crippen LogP contribution in [0.25, 0.3) is 0 Å². The van der Waals surface area contributed by atoms with Crippen molar-refractivity contribution in [3.63, 3.8) is 0 Å². The van der Waals surface area contributed by atoms with Crippen molar-refractivity contribution in [2.24, 2.45) is 0 Å². The molecule has 0 unspecified atom stereocenters. The average Bonchev–Trinajstić information content (AvgIpc) is 2.78. The number of carbonyl (C=O) groups excluding carboxylic acids is 2. The van der Waals surface area contributed by atoms with E-state index >= 15 is 0 Å². The Labute approximate surface area is 119 Å². The molecule has 0 N–H and O–H groups in total. The topological polar surface area (TPSA) is 68.3 Å². The molecule has 7 heteroatoms. The molecule has 1 aliphatic rings. The second-order valence-corrected chi connectivity index (χ2v) is 5.70. The summed E-state index contributed by atoms with van der Waals surface area (Å²) in [4.78, 5) is 30.8. The molecule has 0 aromatic heterocycles. The van der Waals surface area contributed by atoms with Crippen LogP contribution >= 0.6 is 0 Å². The molecular weight excluding hydrogens is 264 g/mol. The van der Waals surface area contributed by atoms with E-state index in [1.165, 1.54) is 26.2 Å². The third kappa shape index (κ3) is 3.83. The summed E-state index contributed by atoms with van der Waals surface area (Å²) in [6, 6.07) is -0.722. The number of hydroxylamine groups is 2. The third-order valence-electron chi connectivity index (χ3n) is 3.11. The molecule has 0 aromatic rings. The monoisotopic (exact) mass is 288 g/mol. The molecule has 1 saturated heterocycles. The first kappa shape index (κ1) is 16.7. The highest BCUT2D eigenvalue weighted by molar-refractivity contribution is 5.86. The van der Waals surface area contributed by atoms with Crippen LogP contribution in [-0.4, -0.2) is 67.5 Å². The molecule has 0 bridgehead atoms. The molecule has 0 spiro atoms. The summed E-state index contributed by atoms with van der Waals surface area (Å²) in [5, 5.41) is 1.10. The Morgan fingerprint density at radius 1 is 1.25 bits per heavy atom. The van der Waals surface area contributed by atoms with Gasteiger partial charge in [0.2, 0.25) is 0 Å². The van der Waals surface area contributed by atoms with Crippen molar-refractivity contribution in [1.29, 1.82) is 0 Å². The Kier molecular flexibility index (Phi) is 5.35. The van der Waals surface area contributed by atoms with Gasteiger partial charge in [0, 0.05) is 20.7 Å². The van der Waals surface area contributed by atoms with E-state index in [-0.39, 0.29) is 12.0 Å². The van der Waals surface area contributed by atoms with Crippen LogP contribution in [0.3, 0.4) is 0 Å². The summed E-state index contributed by atoms with van der Waals surface area (Å²) in [6.07, 6.45) is -0.281. The minimum Gasteiger partial charge on any atom is -0.444 e. The summed E-state index contributed by atoms with van der Waals surface area (Å²) in [5.41, 5.74) is -0.608. The van der Waals surface area contributed by atoms with Gasteiger partial charge < -0.3 is 9.47 Å². The molecule has 2 atom stereocenters. The van der Waals surface area contributed by atoms with Crippen LogP contribution in [0.15, 0.2) is 0 Å². The lowest BCUT2D eigenvalue weighted by Crippen LogP contribution is -2.51. The lowest BCUT2D eigenvalue weighted by molar-refractivity contribution is -0.176. The van der Waals surface area contributed by atoms with E-state index in [9.17, 15) is 9.59 Å². The van der Waals surface area contributed by atoms with Gasteiger partial charge >= 0.3 is 6.09 Å². The van der Waals surface area contributed by atoms with Crippen LogP contribution in [0.1, 0.15) is 27.2 Å². The van der Waals surface area contributed by atoms with E-state index in [0.29, 0.717) is 13.0 Å². The van der Waals surface area contributed by atoms with Crippen molar-refractivity contribution in [2.75, 3.05) is 27.8 Å². The number of carbonyl (C=O) groups is 2. The van der Waals surface area contributed by atoms with Crippen molar-refractivity contribution in [3.8, 4) is 0 Å². The van der Waals surface area contributed by atoms with Crippen molar-refractivity contribution >= 4 is 12.0 Å². The van der Waals surface area contributed by atoms with Crippen LogP contribution in [0.2, 0.25) is 0 Å². The number of amides is 2. The Morgan fingerprint density at radius 3 is 2.30 bits per heavy atom. The molecule has 1 fully saturated rings. The van der Waals surface area contributed by atoms with Crippen LogP contribution in [0.4, 0.5) is 4.79 Å². The van der Waals surface area contributed by atoms with E-state index in [1.807, 2.05) is 0 Å². The predicted octanol–water partition coefficient (Wildman–Crippen LogP) is 1.03. The molecule has 2 amide bonds. The SMILES string of the molecule is CO[C@H]1CCN(C(=O)OC(C)(C)C)[C@@H]1C(=O)N(C)OC. The van der Waals surface area contributed by atoms with E-state index in [4.69, 9.17) is 14.3 Å². The number of likely N-dealkylation sites (tertiary alicyclic amines) is 1. The smallest absolute Gasteiger partial charge is 0.411 e. The third-order valence-corrected chi connectivity index (χ3v) is 3.11. The van der Waals surface area contributed by atoms with Gasteiger partial charge in [0.1, 0.15) is 11.6 Å². The summed E-state index contributed by atoms with van der Waals surface area (Å²) in [6.45, 7) is 5.77. The van der Waals surface area contributed by atoms with Gasteiger partial charge in [0.25, 0.3) is 5.91 Å². The highest BCUT2D eigenvalue weighted by atomic mass is 16.7. The van der Waals surface area contributed by atoms with Gasteiger partial charge in [-0.3, -0.25) is 14.5 Å². The highest BCUT2D eigenvalue weighted by Gasteiger charge is 2.45. The number of rotatable bonds is 3. The molecule has 1 heterocycles. The Balaban J connectivity index is 2.89. The maximum atomic E-state index is 12.3. The first-order valence-corrected chi connectivity index (χ1v) is 6.55. The minimum absolute atomic E-state index is 0.331. The second-order valence-electron chi connectivity index (χ2n) is 5.70. The molecule has 1 rings (SSSR count). The van der Waals surface area contributed by atoms with Crippen molar-refractivity contribution < 1.29 is 23.9 Å². The number of ether oxygens (including phenoxy) is 2. The summed E-state index contributed by atoms with van der Waals surface area (Å²) in [5.74, 6) is -0.331. The fraction of sp³-hybridized carbons (Fsp3) is 0.846. The molecule has 0 aliphatic carbocycles. The first-order valence-electron chi connectivity index (χ1n) is 6.55. The molecule has 1 aliphatic heterocycles. The van der Waals surface area contributed by atoms with Crippen LogP contribution in [0, 0.1) is 0 Å². The fourth-order valence-electron chi connectivity index (χ4n) is 2.10. The fourth-order valence-corrected chi connectivity index (χ4v) is 2.10. The summed E-state index contributed by atoms with van der Waals surface area (Å²) >= 11 is 0. The number of likely N-dealkylation sites (N-methyl/N-ethyl adjacent to an activating group) is 1. The lowest BCUT2D eigenvalue weighted by atomic mass is 10.1. The van der Waals surface area contributed by atoms with Gasteiger partial charge in [-0.25, -0.2) is 9.86 Å². The second kappa shape index (κ2) is 6.41. The number of nitrogens with zero attached hydrogens (tertiary/aromatic N) is 2. The molecule has 116 valence electrons. The maximum Gasteiger partial charge on any atom is 0.411 e. The summed E-state index contributed by atoms with van der Waals surface area (Å²) < 4.78 is 10.6. The van der Waals surface area contributed by atoms with Crippen LogP contribution in [0.5, 0.6) is 0 Å². The number of hydrogen-bond donors (Lipinski definition) is 0. The van der Waals surface area contributed by atoms with E-state index in [2.05, 4.69) is 0 Å². The highest BCUT2D eigenvalue weighted by Crippen LogP contribution is 2.24. The number of hydrogen-bond acceptors (Lipinski definition) is 5. The molecule has 0 aromatic carbocycles. The Bertz CT molecular complexity index is 366. The zero-order chi connectivity index (χ0) is 15.5. The van der Waals surface area contributed by atoms with Gasteiger partial charge in [0.15, 0.2) is 0 Å². The largest absolute Gasteiger partial charge is 0.444 e. The van der Waals surface area contributed by atoms with Crippen molar-refractivity contribution in [1.82, 2.24) is 9.96 Å². The number of methoxy groups -OCH3 is 1. The van der Waals surface area contributed by atoms with Gasteiger partial charge in [-0.15, -0.1) is 0 Å². The summed E-state index contributed by atoms with van der Waals surface area (Å²) in [7, 11) is 4.42. The predicted molar refractivity (Wildman–Crippen MR) is 71.9 cm³/mol. The lowest BCUT2D eigenvalue weighted by Gasteiger charge is -2.31. The van der Waals surface area contributed by atoms with E-state index < -0.39 is 17.7 Å². The van der Waals surface area contributed by atoms with Gasteiger partial charge in [0.05, 0.1) is 13.2 Å². The Hall–Kier alpha value is -1.34. The zero-order valence-electron chi connectivity index (χ0n) is 13.0. The molecule has 0 saturated carbocycles. The van der Waals surface area contributed by atoms with Gasteiger partial charge in [-0.2, -0.15) is 0 Å². The van der Waals surface area contributed by atoms with Crippen LogP contribution in [-0.2, 0) is 19.1 Å². The maximum absolute atomic E-state index is 12.3. The molecular formula is C13H24N2O5. The quantitative estimate of drug-likeness (QED) is 0.726. The zero-order valence-corrected chi connectivity index (χ0v) is 13.0. The standard InChI is InChI=1S/C13H24N2O5/c1-13(2,3)20-12(17)15-8-7-9(18-5)10(15)11(16)14(4)19-6/h9-10H,7-8H2,1-6H3/t9-,10-/m0/s1. The van der Waals surface area contributed by atoms with E-state index in [1.54, 1.807) is 20.8 Å². The minimum atomic E-state index is -0.722. The Morgan fingerprint density at radius 2 is 1.85 bits per heavy atom. The molecule has 20 heavy (non-hydrogen) atoms. The van der Waals surface area contributed by atoms with Crippen molar-refractivity contribution in [3.05, 3.63) is 0 Å². The normalized spacial score (nSPS) is 22.8. The first-order chi connectivity index (χ1) is 9.21. The van der Waals surface area contributed by atoms with Gasteiger partial charge in [-0.05, 0) is 27.2 Å². The van der Waals surface area contributed by atoms with E-state index in [0.717, 1.165) is 5.06 Å². The van der Waals surface area contributed by atoms with Crippen LogP contribution < -0.4 is 0 Å². The average molecular weight is 288 g/mol. The van der Waals surface area contributed by atoms with Gasteiger partial charge in [-0.1, -0.05) is 0 Å². The van der Waals surface area contributed by atoms with Crippen molar-refractivity contribution in [2.45, 2.75) is 44.9 Å².